The highest BCUT2D eigenvalue weighted by atomic mass is 79.9. The van der Waals surface area contributed by atoms with Crippen molar-refractivity contribution in [3.63, 3.8) is 0 Å². The minimum absolute atomic E-state index is 0.0282. The van der Waals surface area contributed by atoms with Crippen molar-refractivity contribution in [3.05, 3.63) is 92.8 Å². The van der Waals surface area contributed by atoms with E-state index >= 15 is 0 Å². The first-order chi connectivity index (χ1) is 18.8. The van der Waals surface area contributed by atoms with Gasteiger partial charge in [-0.05, 0) is 78.0 Å². The highest BCUT2D eigenvalue weighted by Gasteiger charge is 2.34. The lowest BCUT2D eigenvalue weighted by Gasteiger charge is -2.13. The van der Waals surface area contributed by atoms with Crippen molar-refractivity contribution in [2.75, 3.05) is 32.6 Å². The van der Waals surface area contributed by atoms with Crippen LogP contribution in [0, 0.1) is 0 Å². The molecule has 3 aromatic rings. The second kappa shape index (κ2) is 12.6. The molecule has 1 aliphatic heterocycles. The lowest BCUT2D eigenvalue weighted by molar-refractivity contribution is -0.122. The summed E-state index contributed by atoms with van der Waals surface area (Å²) in [5.74, 6) is -0.00957. The zero-order chi connectivity index (χ0) is 27.9. The van der Waals surface area contributed by atoms with Crippen molar-refractivity contribution < 1.29 is 28.7 Å². The third-order valence-electron chi connectivity index (χ3n) is 5.69. The highest BCUT2D eigenvalue weighted by molar-refractivity contribution is 9.10. The summed E-state index contributed by atoms with van der Waals surface area (Å²) >= 11 is 4.18. The van der Waals surface area contributed by atoms with E-state index in [0.717, 1.165) is 21.1 Å². The van der Waals surface area contributed by atoms with Gasteiger partial charge >= 0.3 is 0 Å². The van der Waals surface area contributed by atoms with Crippen LogP contribution in [-0.2, 0) is 4.79 Å². The number of amides is 4. The van der Waals surface area contributed by atoms with Gasteiger partial charge in [-0.2, -0.15) is 0 Å². The van der Waals surface area contributed by atoms with Crippen molar-refractivity contribution in [2.24, 2.45) is 0 Å². The number of carbonyl (C=O) groups is 4. The Kier molecular flexibility index (Phi) is 9.05. The molecule has 1 heterocycles. The summed E-state index contributed by atoms with van der Waals surface area (Å²) in [5.41, 5.74) is 2.09. The molecule has 0 radical (unpaired) electrons. The predicted molar refractivity (Wildman–Crippen MR) is 153 cm³/mol. The highest BCUT2D eigenvalue weighted by Crippen LogP contribution is 2.34. The number of thioether (sulfide) groups is 1. The van der Waals surface area contributed by atoms with Crippen LogP contribution >= 0.6 is 27.7 Å². The van der Waals surface area contributed by atoms with Crippen LogP contribution in [0.2, 0.25) is 0 Å². The van der Waals surface area contributed by atoms with Gasteiger partial charge in [0.25, 0.3) is 23.0 Å². The van der Waals surface area contributed by atoms with Crippen molar-refractivity contribution in [1.29, 1.82) is 0 Å². The molecule has 0 aliphatic carbocycles. The number of nitrogens with one attached hydrogen (secondary N) is 2. The molecular weight excluding hydrogens is 586 g/mol. The number of rotatable bonds is 9. The number of hydrogen-bond acceptors (Lipinski definition) is 7. The average molecular weight is 610 g/mol. The zero-order valence-corrected chi connectivity index (χ0v) is 23.4. The van der Waals surface area contributed by atoms with Gasteiger partial charge < -0.3 is 20.1 Å². The quantitative estimate of drug-likeness (QED) is 0.321. The summed E-state index contributed by atoms with van der Waals surface area (Å²) in [6.07, 6.45) is 1.61. The Balaban J connectivity index is 1.30. The topological polar surface area (TPSA) is 114 Å². The van der Waals surface area contributed by atoms with Crippen LogP contribution in [0.1, 0.15) is 26.3 Å². The maximum Gasteiger partial charge on any atom is 0.293 e. The van der Waals surface area contributed by atoms with E-state index in [1.54, 1.807) is 66.7 Å². The normalized spacial score (nSPS) is 13.9. The van der Waals surface area contributed by atoms with Crippen LogP contribution < -0.4 is 20.1 Å². The molecule has 11 heteroatoms. The summed E-state index contributed by atoms with van der Waals surface area (Å²) in [4.78, 5) is 51.6. The van der Waals surface area contributed by atoms with Crippen LogP contribution in [0.25, 0.3) is 6.08 Å². The number of anilines is 1. The molecule has 1 saturated heterocycles. The number of ether oxygens (including phenoxy) is 2. The van der Waals surface area contributed by atoms with E-state index in [1.165, 1.54) is 14.2 Å². The number of hydrogen-bond donors (Lipinski definition) is 2. The fourth-order valence-electron chi connectivity index (χ4n) is 3.71. The summed E-state index contributed by atoms with van der Waals surface area (Å²) in [5, 5.41) is 5.09. The molecule has 0 atom stereocenters. The molecule has 4 amide bonds. The van der Waals surface area contributed by atoms with Gasteiger partial charge in [-0.3, -0.25) is 24.1 Å². The van der Waals surface area contributed by atoms with Gasteiger partial charge in [0, 0.05) is 34.4 Å². The van der Waals surface area contributed by atoms with Crippen LogP contribution in [0.4, 0.5) is 10.5 Å². The van der Waals surface area contributed by atoms with Gasteiger partial charge in [0.1, 0.15) is 0 Å². The summed E-state index contributed by atoms with van der Waals surface area (Å²) in [6.45, 7) is 0.113. The molecular formula is C28H24BrN3O6S. The van der Waals surface area contributed by atoms with E-state index in [-0.39, 0.29) is 29.8 Å². The SMILES string of the molecule is COc1ccc(/C=C2/SC(=O)N(CCNC(=O)c3ccc(NC(=O)c4cccc(Br)c4)cc3)C2=O)cc1OC. The molecule has 200 valence electrons. The minimum atomic E-state index is -0.431. The van der Waals surface area contributed by atoms with Gasteiger partial charge in [-0.1, -0.05) is 28.1 Å². The molecule has 0 saturated carbocycles. The third kappa shape index (κ3) is 6.87. The van der Waals surface area contributed by atoms with Gasteiger partial charge in [0.15, 0.2) is 11.5 Å². The molecule has 1 aliphatic rings. The number of methoxy groups -OCH3 is 2. The fraction of sp³-hybridized carbons (Fsp3) is 0.143. The Hall–Kier alpha value is -4.09. The minimum Gasteiger partial charge on any atom is -0.493 e. The van der Waals surface area contributed by atoms with E-state index < -0.39 is 11.1 Å². The van der Waals surface area contributed by atoms with Crippen LogP contribution in [0.15, 0.2) is 76.1 Å². The number of carbonyl (C=O) groups excluding carboxylic acids is 4. The first kappa shape index (κ1) is 27.9. The lowest BCUT2D eigenvalue weighted by atomic mass is 10.1. The summed E-state index contributed by atoms with van der Waals surface area (Å²) < 4.78 is 11.3. The second-order valence-corrected chi connectivity index (χ2v) is 10.2. The Labute approximate surface area is 237 Å². The average Bonchev–Trinajstić information content (AvgIpc) is 3.20. The van der Waals surface area contributed by atoms with Crippen molar-refractivity contribution >= 4 is 62.4 Å². The Bertz CT molecular complexity index is 1460. The molecule has 0 bridgehead atoms. The number of halogens is 1. The predicted octanol–water partition coefficient (Wildman–Crippen LogP) is 5.18. The van der Waals surface area contributed by atoms with E-state index in [2.05, 4.69) is 26.6 Å². The molecule has 4 rings (SSSR count). The molecule has 0 spiro atoms. The Morgan fingerprint density at radius 3 is 2.36 bits per heavy atom. The monoisotopic (exact) mass is 609 g/mol. The molecule has 3 aromatic carbocycles. The van der Waals surface area contributed by atoms with Crippen LogP contribution in [0.3, 0.4) is 0 Å². The van der Waals surface area contributed by atoms with E-state index in [9.17, 15) is 19.2 Å². The summed E-state index contributed by atoms with van der Waals surface area (Å²) in [6, 6.07) is 18.6. The van der Waals surface area contributed by atoms with Gasteiger partial charge in [-0.25, -0.2) is 0 Å². The standard InChI is InChI=1S/C28H24BrN3O6S/c1-37-22-11-6-17(14-23(22)38-2)15-24-27(35)32(28(36)39-24)13-12-30-25(33)18-7-9-21(10-8-18)31-26(34)19-4-3-5-20(29)16-19/h3-11,14-16H,12-13H2,1-2H3,(H,30,33)(H,31,34)/b24-15+. The lowest BCUT2D eigenvalue weighted by Crippen LogP contribution is -2.37. The zero-order valence-electron chi connectivity index (χ0n) is 21.0. The molecule has 0 unspecified atom stereocenters. The smallest absolute Gasteiger partial charge is 0.293 e. The number of imide groups is 1. The Morgan fingerprint density at radius 1 is 0.923 bits per heavy atom. The maximum atomic E-state index is 12.8. The van der Waals surface area contributed by atoms with E-state index in [4.69, 9.17) is 9.47 Å². The second-order valence-electron chi connectivity index (χ2n) is 8.25. The van der Waals surface area contributed by atoms with Gasteiger partial charge in [0.05, 0.1) is 19.1 Å². The molecule has 2 N–H and O–H groups in total. The van der Waals surface area contributed by atoms with E-state index in [0.29, 0.717) is 33.9 Å². The summed E-state index contributed by atoms with van der Waals surface area (Å²) in [7, 11) is 3.05. The molecule has 1 fully saturated rings. The number of benzene rings is 3. The Morgan fingerprint density at radius 2 is 1.67 bits per heavy atom. The molecule has 9 nitrogen and oxygen atoms in total. The number of nitrogens with zero attached hydrogens (tertiary/aromatic N) is 1. The molecule has 39 heavy (non-hydrogen) atoms. The maximum absolute atomic E-state index is 12.8. The van der Waals surface area contributed by atoms with Gasteiger partial charge in [-0.15, -0.1) is 0 Å². The van der Waals surface area contributed by atoms with Crippen LogP contribution in [-0.4, -0.2) is 55.2 Å². The van der Waals surface area contributed by atoms with E-state index in [1.807, 2.05) is 6.07 Å². The first-order valence-corrected chi connectivity index (χ1v) is 13.3. The van der Waals surface area contributed by atoms with Crippen LogP contribution in [0.5, 0.6) is 11.5 Å². The first-order valence-electron chi connectivity index (χ1n) is 11.7. The fourth-order valence-corrected chi connectivity index (χ4v) is 4.97. The van der Waals surface area contributed by atoms with Crippen molar-refractivity contribution in [1.82, 2.24) is 10.2 Å². The molecule has 0 aromatic heterocycles. The van der Waals surface area contributed by atoms with Crippen molar-refractivity contribution in [2.45, 2.75) is 0 Å². The largest absolute Gasteiger partial charge is 0.493 e. The van der Waals surface area contributed by atoms with Gasteiger partial charge in [0.2, 0.25) is 0 Å². The van der Waals surface area contributed by atoms with Crippen molar-refractivity contribution in [3.8, 4) is 11.5 Å². The third-order valence-corrected chi connectivity index (χ3v) is 7.09.